The molecular formula is C14H23ClN4O2S. The van der Waals surface area contributed by atoms with E-state index >= 15 is 0 Å². The van der Waals surface area contributed by atoms with E-state index in [4.69, 9.17) is 11.6 Å². The lowest BCUT2D eigenvalue weighted by Crippen LogP contribution is -2.50. The average Bonchev–Trinajstić information content (AvgIpc) is 2.98. The van der Waals surface area contributed by atoms with Crippen LogP contribution in [0.25, 0.3) is 0 Å². The van der Waals surface area contributed by atoms with Crippen molar-refractivity contribution in [1.29, 1.82) is 0 Å². The number of sulfone groups is 1. The molecule has 0 spiro atoms. The monoisotopic (exact) mass is 346 g/mol. The van der Waals surface area contributed by atoms with Crippen LogP contribution < -0.4 is 5.32 Å². The molecule has 2 aliphatic rings. The summed E-state index contributed by atoms with van der Waals surface area (Å²) < 4.78 is 25.9. The number of halogens is 1. The van der Waals surface area contributed by atoms with Gasteiger partial charge in [0.05, 0.1) is 24.2 Å². The number of nitrogens with one attached hydrogen (secondary N) is 1. The molecule has 6 nitrogen and oxygen atoms in total. The summed E-state index contributed by atoms with van der Waals surface area (Å²) >= 11 is 5.99. The first-order valence-electron chi connectivity index (χ1n) is 7.80. The van der Waals surface area contributed by atoms with Crippen LogP contribution in [0.2, 0.25) is 5.15 Å². The van der Waals surface area contributed by atoms with E-state index in [0.29, 0.717) is 11.7 Å². The molecule has 2 aliphatic heterocycles. The zero-order valence-corrected chi connectivity index (χ0v) is 14.4. The van der Waals surface area contributed by atoms with Crippen molar-refractivity contribution >= 4 is 21.4 Å². The van der Waals surface area contributed by atoms with Crippen molar-refractivity contribution in [2.24, 2.45) is 7.05 Å². The molecule has 2 atom stereocenters. The van der Waals surface area contributed by atoms with Gasteiger partial charge in [-0.25, -0.2) is 13.4 Å². The van der Waals surface area contributed by atoms with Gasteiger partial charge in [0, 0.05) is 19.1 Å². The summed E-state index contributed by atoms with van der Waals surface area (Å²) in [6.45, 7) is 2.55. The second-order valence-electron chi connectivity index (χ2n) is 6.28. The number of aromatic nitrogens is 2. The van der Waals surface area contributed by atoms with Gasteiger partial charge in [0.1, 0.15) is 11.0 Å². The molecule has 0 amide bonds. The highest BCUT2D eigenvalue weighted by molar-refractivity contribution is 7.91. The summed E-state index contributed by atoms with van der Waals surface area (Å²) in [7, 11) is -1.10. The molecule has 3 rings (SSSR count). The third kappa shape index (κ3) is 3.48. The third-order valence-electron chi connectivity index (χ3n) is 4.73. The van der Waals surface area contributed by atoms with Gasteiger partial charge >= 0.3 is 0 Å². The molecule has 1 aromatic heterocycles. The molecule has 2 saturated heterocycles. The third-order valence-corrected chi connectivity index (χ3v) is 6.80. The molecular weight excluding hydrogens is 324 g/mol. The number of hydrogen-bond acceptors (Lipinski definition) is 5. The zero-order chi connectivity index (χ0) is 15.7. The molecule has 0 bridgehead atoms. The Kier molecular flexibility index (Phi) is 4.77. The van der Waals surface area contributed by atoms with Crippen molar-refractivity contribution in [2.75, 3.05) is 24.6 Å². The Morgan fingerprint density at radius 3 is 2.68 bits per heavy atom. The van der Waals surface area contributed by atoms with Crippen molar-refractivity contribution < 1.29 is 8.42 Å². The highest BCUT2D eigenvalue weighted by atomic mass is 35.5. The quantitative estimate of drug-likeness (QED) is 0.874. The minimum Gasteiger partial charge on any atom is -0.321 e. The number of piperidine rings is 1. The molecule has 0 saturated carbocycles. The van der Waals surface area contributed by atoms with E-state index in [-0.39, 0.29) is 23.6 Å². The van der Waals surface area contributed by atoms with Crippen molar-refractivity contribution in [3.05, 3.63) is 17.2 Å². The van der Waals surface area contributed by atoms with Crippen LogP contribution in [0.15, 0.2) is 6.20 Å². The number of hydrogen-bond donors (Lipinski definition) is 1. The van der Waals surface area contributed by atoms with Crippen LogP contribution in [0.4, 0.5) is 0 Å². The largest absolute Gasteiger partial charge is 0.321 e. The molecule has 0 unspecified atom stereocenters. The summed E-state index contributed by atoms with van der Waals surface area (Å²) in [5.41, 5.74) is 0. The maximum absolute atomic E-state index is 12.1. The van der Waals surface area contributed by atoms with Crippen molar-refractivity contribution in [1.82, 2.24) is 19.8 Å². The SMILES string of the molecule is Cn1c(Cl)cnc1CN[C@@H]1CS(=O)(=O)C[C@@H]1N1CCCCC1. The number of imidazole rings is 1. The van der Waals surface area contributed by atoms with Gasteiger partial charge in [0.15, 0.2) is 9.84 Å². The molecule has 0 radical (unpaired) electrons. The Balaban J connectivity index is 1.68. The summed E-state index contributed by atoms with van der Waals surface area (Å²) in [5.74, 6) is 1.31. The van der Waals surface area contributed by atoms with Crippen LogP contribution >= 0.6 is 11.6 Å². The maximum atomic E-state index is 12.1. The fourth-order valence-electron chi connectivity index (χ4n) is 3.44. The first-order valence-corrected chi connectivity index (χ1v) is 10.0. The minimum absolute atomic E-state index is 0.0291. The van der Waals surface area contributed by atoms with Crippen LogP contribution in [-0.4, -0.2) is 59.5 Å². The molecule has 1 aromatic rings. The first-order chi connectivity index (χ1) is 10.5. The van der Waals surface area contributed by atoms with Gasteiger partial charge in [-0.1, -0.05) is 18.0 Å². The molecule has 124 valence electrons. The van der Waals surface area contributed by atoms with Crippen LogP contribution in [0.1, 0.15) is 25.1 Å². The highest BCUT2D eigenvalue weighted by Gasteiger charge is 2.40. The van der Waals surface area contributed by atoms with Gasteiger partial charge in [-0.05, 0) is 25.9 Å². The minimum atomic E-state index is -2.96. The second kappa shape index (κ2) is 6.47. The Bertz CT molecular complexity index is 625. The maximum Gasteiger partial charge on any atom is 0.153 e. The van der Waals surface area contributed by atoms with Crippen LogP contribution in [0.5, 0.6) is 0 Å². The first kappa shape index (κ1) is 16.2. The Morgan fingerprint density at radius 1 is 1.32 bits per heavy atom. The number of nitrogens with zero attached hydrogens (tertiary/aromatic N) is 3. The Hall–Kier alpha value is -0.630. The topological polar surface area (TPSA) is 67.2 Å². The lowest BCUT2D eigenvalue weighted by atomic mass is 10.1. The molecule has 22 heavy (non-hydrogen) atoms. The lowest BCUT2D eigenvalue weighted by molar-refractivity contribution is 0.154. The van der Waals surface area contributed by atoms with E-state index < -0.39 is 9.84 Å². The Labute approximate surface area is 136 Å². The molecule has 8 heteroatoms. The predicted octanol–water partition coefficient (Wildman–Crippen LogP) is 0.815. The molecule has 1 N–H and O–H groups in total. The van der Waals surface area contributed by atoms with Gasteiger partial charge in [0.2, 0.25) is 0 Å². The number of likely N-dealkylation sites (tertiary alicyclic amines) is 1. The van der Waals surface area contributed by atoms with Gasteiger partial charge < -0.3 is 9.88 Å². The highest BCUT2D eigenvalue weighted by Crippen LogP contribution is 2.22. The van der Waals surface area contributed by atoms with E-state index in [9.17, 15) is 8.42 Å². The van der Waals surface area contributed by atoms with Gasteiger partial charge in [-0.3, -0.25) is 4.90 Å². The number of rotatable bonds is 4. The fraction of sp³-hybridized carbons (Fsp3) is 0.786. The van der Waals surface area contributed by atoms with E-state index in [1.165, 1.54) is 6.42 Å². The van der Waals surface area contributed by atoms with Crippen LogP contribution in [0, 0.1) is 0 Å². The van der Waals surface area contributed by atoms with Crippen LogP contribution in [0.3, 0.4) is 0 Å². The Morgan fingerprint density at radius 2 is 2.05 bits per heavy atom. The molecule has 0 aliphatic carbocycles. The zero-order valence-electron chi connectivity index (χ0n) is 12.8. The summed E-state index contributed by atoms with van der Waals surface area (Å²) in [6, 6.07) is 0.0552. The van der Waals surface area contributed by atoms with Crippen LogP contribution in [-0.2, 0) is 23.4 Å². The average molecular weight is 347 g/mol. The van der Waals surface area contributed by atoms with Crippen molar-refractivity contribution in [3.8, 4) is 0 Å². The smallest absolute Gasteiger partial charge is 0.153 e. The fourth-order valence-corrected chi connectivity index (χ4v) is 5.58. The standard InChI is InChI=1S/C14H23ClN4O2S/c1-18-13(15)7-17-14(18)8-16-11-9-22(20,21)10-12(11)19-5-3-2-4-6-19/h7,11-12,16H,2-6,8-10H2,1H3/t11-,12+/m1/s1. The van der Waals surface area contributed by atoms with Gasteiger partial charge in [0.25, 0.3) is 0 Å². The van der Waals surface area contributed by atoms with E-state index in [1.54, 1.807) is 6.20 Å². The summed E-state index contributed by atoms with van der Waals surface area (Å²) in [4.78, 5) is 6.60. The predicted molar refractivity (Wildman–Crippen MR) is 86.7 cm³/mol. The lowest BCUT2D eigenvalue weighted by Gasteiger charge is -2.35. The van der Waals surface area contributed by atoms with Gasteiger partial charge in [-0.15, -0.1) is 0 Å². The molecule has 3 heterocycles. The molecule has 2 fully saturated rings. The summed E-state index contributed by atoms with van der Waals surface area (Å²) in [5, 5.41) is 3.98. The van der Waals surface area contributed by atoms with Gasteiger partial charge in [-0.2, -0.15) is 0 Å². The van der Waals surface area contributed by atoms with E-state index in [0.717, 1.165) is 31.8 Å². The summed E-state index contributed by atoms with van der Waals surface area (Å²) in [6.07, 6.45) is 5.20. The van der Waals surface area contributed by atoms with Crippen molar-refractivity contribution in [3.63, 3.8) is 0 Å². The van der Waals surface area contributed by atoms with E-state index in [1.807, 2.05) is 11.6 Å². The van der Waals surface area contributed by atoms with Crippen molar-refractivity contribution in [2.45, 2.75) is 37.9 Å². The second-order valence-corrected chi connectivity index (χ2v) is 8.83. The normalized spacial score (nSPS) is 29.0. The van der Waals surface area contributed by atoms with E-state index in [2.05, 4.69) is 15.2 Å². The molecule has 0 aromatic carbocycles.